The Hall–Kier alpha value is -1.43. The monoisotopic (exact) mass is 295 g/mol. The van der Waals surface area contributed by atoms with E-state index in [1.807, 2.05) is 4.90 Å². The van der Waals surface area contributed by atoms with Crippen LogP contribution in [0.2, 0.25) is 0 Å². The summed E-state index contributed by atoms with van der Waals surface area (Å²) in [4.78, 5) is 29.8. The Labute approximate surface area is 123 Å². The average Bonchev–Trinajstić information content (AvgIpc) is 3.08. The molecule has 0 spiro atoms. The van der Waals surface area contributed by atoms with Crippen molar-refractivity contribution in [1.82, 2.24) is 9.88 Å². The van der Waals surface area contributed by atoms with E-state index in [0.29, 0.717) is 22.8 Å². The first kappa shape index (κ1) is 15.0. The Morgan fingerprint density at radius 2 is 2.05 bits per heavy atom. The molecule has 0 aliphatic heterocycles. The van der Waals surface area contributed by atoms with Crippen molar-refractivity contribution in [2.75, 3.05) is 5.32 Å². The average molecular weight is 295 g/mol. The molecular weight excluding hydrogens is 274 g/mol. The van der Waals surface area contributed by atoms with Crippen molar-refractivity contribution in [3.63, 3.8) is 0 Å². The van der Waals surface area contributed by atoms with Crippen LogP contribution < -0.4 is 5.32 Å². The number of anilines is 1. The standard InChI is InChI=1S/C14H21N3O2S/c1-8(2)9(3)17(11-5-6-11)13(19)12-7-20-14(16-12)15-10(4)18/h7-9,11H,5-6H2,1-4H3,(H,15,16,18)/t9-/m1/s1. The highest BCUT2D eigenvalue weighted by Gasteiger charge is 2.37. The zero-order chi connectivity index (χ0) is 14.9. The minimum atomic E-state index is -0.173. The second kappa shape index (κ2) is 5.91. The van der Waals surface area contributed by atoms with Crippen molar-refractivity contribution in [1.29, 1.82) is 0 Å². The Morgan fingerprint density at radius 3 is 2.55 bits per heavy atom. The summed E-state index contributed by atoms with van der Waals surface area (Å²) < 4.78 is 0. The normalized spacial score (nSPS) is 16.1. The van der Waals surface area contributed by atoms with Crippen LogP contribution in [-0.2, 0) is 4.79 Å². The van der Waals surface area contributed by atoms with Gasteiger partial charge in [-0.1, -0.05) is 13.8 Å². The van der Waals surface area contributed by atoms with Gasteiger partial charge < -0.3 is 10.2 Å². The van der Waals surface area contributed by atoms with Gasteiger partial charge in [0.05, 0.1) is 0 Å². The zero-order valence-electron chi connectivity index (χ0n) is 12.3. The van der Waals surface area contributed by atoms with E-state index < -0.39 is 0 Å². The van der Waals surface area contributed by atoms with Gasteiger partial charge in [0, 0.05) is 24.4 Å². The largest absolute Gasteiger partial charge is 0.331 e. The third-order valence-electron chi connectivity index (χ3n) is 3.58. The number of carbonyl (C=O) groups is 2. The maximum atomic E-state index is 12.6. The molecule has 1 aromatic rings. The molecule has 1 heterocycles. The van der Waals surface area contributed by atoms with Crippen LogP contribution in [0.4, 0.5) is 5.13 Å². The summed E-state index contributed by atoms with van der Waals surface area (Å²) in [5.41, 5.74) is 0.429. The van der Waals surface area contributed by atoms with E-state index in [1.165, 1.54) is 18.3 Å². The van der Waals surface area contributed by atoms with Crippen molar-refractivity contribution in [2.24, 2.45) is 5.92 Å². The maximum Gasteiger partial charge on any atom is 0.273 e. The molecule has 0 bridgehead atoms. The maximum absolute atomic E-state index is 12.6. The number of amides is 2. The number of nitrogens with one attached hydrogen (secondary N) is 1. The topological polar surface area (TPSA) is 62.3 Å². The van der Waals surface area contributed by atoms with E-state index in [-0.39, 0.29) is 17.9 Å². The lowest BCUT2D eigenvalue weighted by Crippen LogP contribution is -2.43. The Kier molecular flexibility index (Phi) is 4.42. The molecule has 2 amide bonds. The van der Waals surface area contributed by atoms with Crippen molar-refractivity contribution < 1.29 is 9.59 Å². The first-order chi connectivity index (χ1) is 9.40. The lowest BCUT2D eigenvalue weighted by atomic mass is 10.0. The molecule has 1 fully saturated rings. The van der Waals surface area contributed by atoms with Crippen molar-refractivity contribution in [3.05, 3.63) is 11.1 Å². The fourth-order valence-electron chi connectivity index (χ4n) is 2.07. The number of hydrogen-bond donors (Lipinski definition) is 1. The van der Waals surface area contributed by atoms with Gasteiger partial charge in [0.1, 0.15) is 5.69 Å². The SMILES string of the molecule is CC(=O)Nc1nc(C(=O)N(C2CC2)[C@H](C)C(C)C)cs1. The van der Waals surface area contributed by atoms with E-state index in [9.17, 15) is 9.59 Å². The first-order valence-electron chi connectivity index (χ1n) is 6.96. The van der Waals surface area contributed by atoms with Crippen molar-refractivity contribution in [2.45, 2.75) is 52.6 Å². The predicted octanol–water partition coefficient (Wildman–Crippen LogP) is 2.75. The second-order valence-electron chi connectivity index (χ2n) is 5.65. The summed E-state index contributed by atoms with van der Waals surface area (Å²) in [7, 11) is 0. The van der Waals surface area contributed by atoms with Crippen LogP contribution in [0.3, 0.4) is 0 Å². The summed E-state index contributed by atoms with van der Waals surface area (Å²) in [6, 6.07) is 0.548. The van der Waals surface area contributed by atoms with E-state index in [0.717, 1.165) is 12.8 Å². The highest BCUT2D eigenvalue weighted by Crippen LogP contribution is 2.32. The zero-order valence-corrected chi connectivity index (χ0v) is 13.2. The molecule has 2 rings (SSSR count). The molecule has 0 saturated heterocycles. The third kappa shape index (κ3) is 3.36. The molecule has 20 heavy (non-hydrogen) atoms. The number of carbonyl (C=O) groups excluding carboxylic acids is 2. The van der Waals surface area contributed by atoms with Gasteiger partial charge in [0.25, 0.3) is 5.91 Å². The third-order valence-corrected chi connectivity index (χ3v) is 4.34. The lowest BCUT2D eigenvalue weighted by molar-refractivity contribution is -0.114. The second-order valence-corrected chi connectivity index (χ2v) is 6.51. The van der Waals surface area contributed by atoms with Gasteiger partial charge in [-0.05, 0) is 25.7 Å². The minimum absolute atomic E-state index is 0.0263. The molecule has 5 nitrogen and oxygen atoms in total. The van der Waals surface area contributed by atoms with Crippen LogP contribution in [0, 0.1) is 5.92 Å². The van der Waals surface area contributed by atoms with Gasteiger partial charge in [0.2, 0.25) is 5.91 Å². The Balaban J connectivity index is 2.15. The molecule has 1 saturated carbocycles. The van der Waals surface area contributed by atoms with Crippen LogP contribution >= 0.6 is 11.3 Å². The van der Waals surface area contributed by atoms with Crippen LogP contribution in [0.5, 0.6) is 0 Å². The molecule has 1 atom stereocenters. The molecule has 110 valence electrons. The molecule has 0 radical (unpaired) electrons. The Bertz CT molecular complexity index is 508. The summed E-state index contributed by atoms with van der Waals surface area (Å²) in [6.45, 7) is 7.76. The first-order valence-corrected chi connectivity index (χ1v) is 7.84. The summed E-state index contributed by atoms with van der Waals surface area (Å²) in [5.74, 6) is 0.211. The number of aromatic nitrogens is 1. The predicted molar refractivity (Wildman–Crippen MR) is 79.9 cm³/mol. The number of hydrogen-bond acceptors (Lipinski definition) is 4. The summed E-state index contributed by atoms with van der Waals surface area (Å²) in [6.07, 6.45) is 2.15. The highest BCUT2D eigenvalue weighted by molar-refractivity contribution is 7.14. The Morgan fingerprint density at radius 1 is 1.40 bits per heavy atom. The molecule has 6 heteroatoms. The minimum Gasteiger partial charge on any atom is -0.331 e. The van der Waals surface area contributed by atoms with Gasteiger partial charge in [-0.3, -0.25) is 9.59 Å². The lowest BCUT2D eigenvalue weighted by Gasteiger charge is -2.31. The van der Waals surface area contributed by atoms with E-state index in [1.54, 1.807) is 5.38 Å². The molecule has 1 aliphatic rings. The van der Waals surface area contributed by atoms with Gasteiger partial charge in [-0.15, -0.1) is 11.3 Å². The molecule has 1 N–H and O–H groups in total. The van der Waals surface area contributed by atoms with Gasteiger partial charge >= 0.3 is 0 Å². The van der Waals surface area contributed by atoms with Crippen molar-refractivity contribution >= 4 is 28.3 Å². The van der Waals surface area contributed by atoms with Gasteiger partial charge in [-0.2, -0.15) is 0 Å². The van der Waals surface area contributed by atoms with E-state index in [4.69, 9.17) is 0 Å². The quantitative estimate of drug-likeness (QED) is 0.908. The highest BCUT2D eigenvalue weighted by atomic mass is 32.1. The fourth-order valence-corrected chi connectivity index (χ4v) is 2.80. The molecule has 1 aliphatic carbocycles. The summed E-state index contributed by atoms with van der Waals surface area (Å²) in [5, 5.41) is 4.81. The van der Waals surface area contributed by atoms with E-state index >= 15 is 0 Å². The molecule has 0 unspecified atom stereocenters. The molecule has 0 aromatic carbocycles. The van der Waals surface area contributed by atoms with Crippen molar-refractivity contribution in [3.8, 4) is 0 Å². The molecular formula is C14H21N3O2S. The van der Waals surface area contributed by atoms with Crippen LogP contribution in [0.15, 0.2) is 5.38 Å². The fraction of sp³-hybridized carbons (Fsp3) is 0.643. The van der Waals surface area contributed by atoms with Gasteiger partial charge in [-0.25, -0.2) is 4.98 Å². The van der Waals surface area contributed by atoms with Crippen LogP contribution in [-0.4, -0.2) is 33.8 Å². The summed E-state index contributed by atoms with van der Waals surface area (Å²) >= 11 is 1.29. The smallest absolute Gasteiger partial charge is 0.273 e. The number of nitrogens with zero attached hydrogens (tertiary/aromatic N) is 2. The molecule has 1 aromatic heterocycles. The van der Waals surface area contributed by atoms with Crippen LogP contribution in [0.1, 0.15) is 51.0 Å². The van der Waals surface area contributed by atoms with Gasteiger partial charge in [0.15, 0.2) is 5.13 Å². The van der Waals surface area contributed by atoms with Crippen LogP contribution in [0.25, 0.3) is 0 Å². The number of rotatable bonds is 5. The number of thiazole rings is 1. The van der Waals surface area contributed by atoms with E-state index in [2.05, 4.69) is 31.1 Å².